The maximum absolute atomic E-state index is 11.4. The van der Waals surface area contributed by atoms with Crippen molar-refractivity contribution in [2.75, 3.05) is 6.54 Å². The molecular weight excluding hydrogens is 182 g/mol. The van der Waals surface area contributed by atoms with Gasteiger partial charge in [-0.05, 0) is 12.8 Å². The first-order valence-corrected chi connectivity index (χ1v) is 5.13. The molecule has 1 heterocycles. The van der Waals surface area contributed by atoms with E-state index in [1.807, 2.05) is 0 Å². The van der Waals surface area contributed by atoms with E-state index in [9.17, 15) is 9.59 Å². The van der Waals surface area contributed by atoms with E-state index in [1.165, 1.54) is 6.42 Å². The molecule has 1 saturated carbocycles. The maximum atomic E-state index is 11.4. The molecule has 2 fully saturated rings. The number of carbonyl (C=O) groups is 2. The fourth-order valence-electron chi connectivity index (χ4n) is 2.15. The Labute approximate surface area is 82.8 Å². The number of hydrogen-bond donors (Lipinski definition) is 2. The molecule has 0 radical (unpaired) electrons. The largest absolute Gasteiger partial charge is 0.336 e. The van der Waals surface area contributed by atoms with E-state index in [2.05, 4.69) is 10.9 Å². The molecule has 0 spiro atoms. The Bertz CT molecular complexity index is 248. The van der Waals surface area contributed by atoms with Gasteiger partial charge in [-0.1, -0.05) is 19.3 Å². The van der Waals surface area contributed by atoms with Gasteiger partial charge in [-0.15, -0.1) is 0 Å². The minimum absolute atomic E-state index is 0.129. The molecule has 1 aliphatic heterocycles. The van der Waals surface area contributed by atoms with Gasteiger partial charge in [-0.3, -0.25) is 10.2 Å². The summed E-state index contributed by atoms with van der Waals surface area (Å²) in [6.45, 7) is 0.205. The van der Waals surface area contributed by atoms with Crippen LogP contribution in [0.2, 0.25) is 0 Å². The highest BCUT2D eigenvalue weighted by Crippen LogP contribution is 2.22. The predicted octanol–water partition coefficient (Wildman–Crippen LogP) is 0.376. The summed E-state index contributed by atoms with van der Waals surface area (Å²) in [6.07, 6.45) is 5.63. The van der Waals surface area contributed by atoms with Crippen LogP contribution in [-0.2, 0) is 4.79 Å². The fourth-order valence-corrected chi connectivity index (χ4v) is 2.15. The van der Waals surface area contributed by atoms with Gasteiger partial charge in [-0.25, -0.2) is 10.2 Å². The summed E-state index contributed by atoms with van der Waals surface area (Å²) < 4.78 is 0. The zero-order valence-corrected chi connectivity index (χ0v) is 8.08. The van der Waals surface area contributed by atoms with E-state index in [1.54, 1.807) is 4.90 Å². The van der Waals surface area contributed by atoms with Crippen LogP contribution in [0.25, 0.3) is 0 Å². The van der Waals surface area contributed by atoms with Crippen molar-refractivity contribution in [3.63, 3.8) is 0 Å². The molecule has 0 aromatic heterocycles. The van der Waals surface area contributed by atoms with Crippen LogP contribution in [-0.4, -0.2) is 29.4 Å². The third kappa shape index (κ3) is 1.81. The average Bonchev–Trinajstić information content (AvgIpc) is 2.23. The molecule has 0 atom stereocenters. The highest BCUT2D eigenvalue weighted by Gasteiger charge is 2.30. The molecule has 1 saturated heterocycles. The Kier molecular flexibility index (Phi) is 2.56. The van der Waals surface area contributed by atoms with Crippen molar-refractivity contribution in [1.29, 1.82) is 0 Å². The van der Waals surface area contributed by atoms with Crippen LogP contribution in [0.4, 0.5) is 4.79 Å². The Morgan fingerprint density at radius 1 is 1.07 bits per heavy atom. The Morgan fingerprint density at radius 2 is 1.79 bits per heavy atom. The standard InChI is InChI=1S/C9H15N3O2/c13-8-6-12(9(14)11-10-8)7-4-2-1-3-5-7/h7H,1-6H2,(H,10,13)(H,11,14). The molecular formula is C9H15N3O2. The van der Waals surface area contributed by atoms with E-state index in [0.29, 0.717) is 0 Å². The molecule has 2 aliphatic rings. The highest BCUT2D eigenvalue weighted by molar-refractivity contribution is 5.89. The molecule has 0 aromatic carbocycles. The lowest BCUT2D eigenvalue weighted by Gasteiger charge is -2.36. The van der Waals surface area contributed by atoms with Gasteiger partial charge in [0.1, 0.15) is 6.54 Å². The zero-order chi connectivity index (χ0) is 9.97. The summed E-state index contributed by atoms with van der Waals surface area (Å²) >= 11 is 0. The minimum Gasteiger partial charge on any atom is -0.311 e. The molecule has 0 unspecified atom stereocenters. The van der Waals surface area contributed by atoms with Gasteiger partial charge in [0, 0.05) is 6.04 Å². The van der Waals surface area contributed by atoms with E-state index in [-0.39, 0.29) is 24.5 Å². The van der Waals surface area contributed by atoms with Gasteiger partial charge in [0.15, 0.2) is 0 Å². The molecule has 2 rings (SSSR count). The van der Waals surface area contributed by atoms with Crippen LogP contribution >= 0.6 is 0 Å². The van der Waals surface area contributed by atoms with E-state index < -0.39 is 0 Å². The predicted molar refractivity (Wildman–Crippen MR) is 50.3 cm³/mol. The SMILES string of the molecule is O=C1CN(C2CCCCC2)C(=O)NN1. The Balaban J connectivity index is 1.99. The molecule has 78 valence electrons. The number of carbonyl (C=O) groups excluding carboxylic acids is 2. The highest BCUT2D eigenvalue weighted by atomic mass is 16.2. The first kappa shape index (κ1) is 9.30. The second-order valence-corrected chi connectivity index (χ2v) is 3.90. The lowest BCUT2D eigenvalue weighted by atomic mass is 9.94. The summed E-state index contributed by atoms with van der Waals surface area (Å²) in [5.74, 6) is -0.129. The first-order valence-electron chi connectivity index (χ1n) is 5.13. The lowest BCUT2D eigenvalue weighted by molar-refractivity contribution is -0.124. The summed E-state index contributed by atoms with van der Waals surface area (Å²) in [6, 6.07) is 0.0892. The fraction of sp³-hybridized carbons (Fsp3) is 0.778. The van der Waals surface area contributed by atoms with Gasteiger partial charge in [0.2, 0.25) is 0 Å². The molecule has 2 N–H and O–H groups in total. The maximum Gasteiger partial charge on any atom is 0.336 e. The number of rotatable bonds is 1. The Hall–Kier alpha value is -1.26. The quantitative estimate of drug-likeness (QED) is 0.638. The van der Waals surface area contributed by atoms with Crippen LogP contribution in [0.5, 0.6) is 0 Å². The third-order valence-electron chi connectivity index (χ3n) is 2.90. The van der Waals surface area contributed by atoms with E-state index in [0.717, 1.165) is 25.7 Å². The number of nitrogens with one attached hydrogen (secondary N) is 2. The van der Waals surface area contributed by atoms with Gasteiger partial charge < -0.3 is 4.90 Å². The van der Waals surface area contributed by atoms with Gasteiger partial charge >= 0.3 is 6.03 Å². The van der Waals surface area contributed by atoms with Crippen LogP contribution in [0.1, 0.15) is 32.1 Å². The van der Waals surface area contributed by atoms with Crippen molar-refractivity contribution in [2.45, 2.75) is 38.1 Å². The Morgan fingerprint density at radius 3 is 2.50 bits per heavy atom. The first-order chi connectivity index (χ1) is 6.77. The molecule has 1 aliphatic carbocycles. The molecule has 0 aromatic rings. The number of urea groups is 1. The molecule has 5 heteroatoms. The molecule has 14 heavy (non-hydrogen) atoms. The summed E-state index contributed by atoms with van der Waals surface area (Å²) in [4.78, 5) is 24.2. The van der Waals surface area contributed by atoms with E-state index >= 15 is 0 Å². The van der Waals surface area contributed by atoms with Crippen LogP contribution < -0.4 is 10.9 Å². The lowest BCUT2D eigenvalue weighted by Crippen LogP contribution is -2.61. The van der Waals surface area contributed by atoms with Crippen molar-refractivity contribution in [2.24, 2.45) is 0 Å². The smallest absolute Gasteiger partial charge is 0.311 e. The summed E-state index contributed by atoms with van der Waals surface area (Å²) in [5, 5.41) is 0. The average molecular weight is 197 g/mol. The number of nitrogens with zero attached hydrogens (tertiary/aromatic N) is 1. The number of hydrazine groups is 1. The van der Waals surface area contributed by atoms with Crippen molar-refractivity contribution in [3.05, 3.63) is 0 Å². The van der Waals surface area contributed by atoms with Gasteiger partial charge in [0.25, 0.3) is 5.91 Å². The number of amides is 3. The van der Waals surface area contributed by atoms with Crippen LogP contribution in [0, 0.1) is 0 Å². The second kappa shape index (κ2) is 3.86. The normalized spacial score (nSPS) is 24.4. The minimum atomic E-state index is -0.170. The second-order valence-electron chi connectivity index (χ2n) is 3.90. The summed E-state index contributed by atoms with van der Waals surface area (Å²) in [5.41, 5.74) is 4.69. The molecule has 0 bridgehead atoms. The van der Waals surface area contributed by atoms with Gasteiger partial charge in [-0.2, -0.15) is 0 Å². The monoisotopic (exact) mass is 197 g/mol. The van der Waals surface area contributed by atoms with Crippen molar-refractivity contribution in [3.8, 4) is 0 Å². The van der Waals surface area contributed by atoms with Crippen LogP contribution in [0.3, 0.4) is 0 Å². The zero-order valence-electron chi connectivity index (χ0n) is 8.08. The molecule has 5 nitrogen and oxygen atoms in total. The van der Waals surface area contributed by atoms with Crippen LogP contribution in [0.15, 0.2) is 0 Å². The van der Waals surface area contributed by atoms with Gasteiger partial charge in [0.05, 0.1) is 0 Å². The molecule has 3 amide bonds. The van der Waals surface area contributed by atoms with Crippen molar-refractivity contribution >= 4 is 11.9 Å². The third-order valence-corrected chi connectivity index (χ3v) is 2.90. The summed E-state index contributed by atoms with van der Waals surface area (Å²) in [7, 11) is 0. The van der Waals surface area contributed by atoms with Crippen molar-refractivity contribution < 1.29 is 9.59 Å². The topological polar surface area (TPSA) is 61.4 Å². The van der Waals surface area contributed by atoms with Crippen molar-refractivity contribution in [1.82, 2.24) is 15.8 Å². The van der Waals surface area contributed by atoms with E-state index in [4.69, 9.17) is 0 Å². The number of hydrogen-bond acceptors (Lipinski definition) is 2.